The van der Waals surface area contributed by atoms with Crippen LogP contribution in [0.2, 0.25) is 0 Å². The highest BCUT2D eigenvalue weighted by molar-refractivity contribution is 7.10. The number of hydrogen-bond acceptors (Lipinski definition) is 5. The average Bonchev–Trinajstić information content (AvgIpc) is 3.26. The van der Waals surface area contributed by atoms with E-state index in [1.807, 2.05) is 30.3 Å². The molecule has 1 fully saturated rings. The minimum absolute atomic E-state index is 0.0316. The van der Waals surface area contributed by atoms with E-state index in [9.17, 15) is 0 Å². The maximum absolute atomic E-state index is 5.93. The first-order chi connectivity index (χ1) is 14.2. The summed E-state index contributed by atoms with van der Waals surface area (Å²) in [5.41, 5.74) is 0. The minimum Gasteiger partial charge on any atom is -0.489 e. The quantitative estimate of drug-likeness (QED) is 0.511. The predicted octanol–water partition coefficient (Wildman–Crippen LogP) is 3.14. The smallest absolute Gasteiger partial charge is 0.191 e. The van der Waals surface area contributed by atoms with Gasteiger partial charge in [-0.15, -0.1) is 11.3 Å². The van der Waals surface area contributed by atoms with Crippen molar-refractivity contribution in [1.82, 2.24) is 15.5 Å². The van der Waals surface area contributed by atoms with Crippen molar-refractivity contribution < 1.29 is 9.47 Å². The van der Waals surface area contributed by atoms with Gasteiger partial charge in [0.25, 0.3) is 0 Å². The van der Waals surface area contributed by atoms with Gasteiger partial charge >= 0.3 is 0 Å². The molecule has 2 heterocycles. The second kappa shape index (κ2) is 11.2. The Morgan fingerprint density at radius 3 is 2.72 bits per heavy atom. The number of morpholine rings is 1. The van der Waals surface area contributed by atoms with Crippen LogP contribution in [0.15, 0.2) is 52.8 Å². The van der Waals surface area contributed by atoms with Gasteiger partial charge in [0.05, 0.1) is 25.3 Å². The summed E-state index contributed by atoms with van der Waals surface area (Å²) < 4.78 is 11.7. The monoisotopic (exact) mass is 416 g/mol. The first-order valence-corrected chi connectivity index (χ1v) is 11.1. The number of aliphatic imine (C=N–C) groups is 1. The molecule has 0 saturated carbocycles. The van der Waals surface area contributed by atoms with Crippen LogP contribution in [-0.4, -0.2) is 62.9 Å². The Balaban J connectivity index is 1.52. The largest absolute Gasteiger partial charge is 0.489 e. The van der Waals surface area contributed by atoms with Crippen molar-refractivity contribution in [3.05, 3.63) is 52.7 Å². The van der Waals surface area contributed by atoms with E-state index < -0.39 is 0 Å². The highest BCUT2D eigenvalue weighted by Crippen LogP contribution is 2.26. The molecule has 1 aliphatic heterocycles. The number of ether oxygens (including phenoxy) is 2. The van der Waals surface area contributed by atoms with E-state index in [4.69, 9.17) is 9.47 Å². The summed E-state index contributed by atoms with van der Waals surface area (Å²) >= 11 is 1.80. The molecule has 0 amide bonds. The van der Waals surface area contributed by atoms with Crippen LogP contribution >= 0.6 is 11.3 Å². The van der Waals surface area contributed by atoms with Crippen molar-refractivity contribution in [2.45, 2.75) is 32.1 Å². The molecule has 3 unspecified atom stereocenters. The van der Waals surface area contributed by atoms with Crippen molar-refractivity contribution >= 4 is 17.3 Å². The zero-order valence-corrected chi connectivity index (χ0v) is 18.3. The molecule has 6 nitrogen and oxygen atoms in total. The van der Waals surface area contributed by atoms with Crippen LogP contribution < -0.4 is 15.4 Å². The summed E-state index contributed by atoms with van der Waals surface area (Å²) in [6, 6.07) is 14.5. The molecule has 0 radical (unpaired) electrons. The summed E-state index contributed by atoms with van der Waals surface area (Å²) in [5.74, 6) is 1.67. The third-order valence-corrected chi connectivity index (χ3v) is 5.88. The molecular weight excluding hydrogens is 384 g/mol. The van der Waals surface area contributed by atoms with Gasteiger partial charge in [-0.3, -0.25) is 9.89 Å². The van der Waals surface area contributed by atoms with Gasteiger partial charge in [0, 0.05) is 31.6 Å². The zero-order chi connectivity index (χ0) is 20.5. The Morgan fingerprint density at radius 1 is 1.24 bits per heavy atom. The van der Waals surface area contributed by atoms with E-state index in [-0.39, 0.29) is 12.2 Å². The normalized spacial score (nSPS) is 20.1. The Hall–Kier alpha value is -2.09. The van der Waals surface area contributed by atoms with E-state index in [2.05, 4.69) is 51.9 Å². The molecular formula is C22H32N4O2S. The topological polar surface area (TPSA) is 58.1 Å². The third-order valence-electron chi connectivity index (χ3n) is 4.91. The summed E-state index contributed by atoms with van der Waals surface area (Å²) in [7, 11) is 1.80. The molecule has 2 N–H and O–H groups in total. The number of hydrogen-bond donors (Lipinski definition) is 2. The van der Waals surface area contributed by atoms with Crippen LogP contribution in [0.5, 0.6) is 5.75 Å². The van der Waals surface area contributed by atoms with Crippen LogP contribution in [0, 0.1) is 0 Å². The minimum atomic E-state index is 0.0316. The molecule has 1 aliphatic rings. The maximum Gasteiger partial charge on any atom is 0.191 e. The van der Waals surface area contributed by atoms with Gasteiger partial charge in [-0.1, -0.05) is 24.3 Å². The number of nitrogens with zero attached hydrogens (tertiary/aromatic N) is 2. The first kappa shape index (κ1) is 21.6. The summed E-state index contributed by atoms with van der Waals surface area (Å²) in [4.78, 5) is 8.24. The summed E-state index contributed by atoms with van der Waals surface area (Å²) in [5, 5.41) is 9.01. The number of guanidine groups is 1. The van der Waals surface area contributed by atoms with Crippen LogP contribution in [0.4, 0.5) is 0 Å². The van der Waals surface area contributed by atoms with Gasteiger partial charge in [0.1, 0.15) is 11.9 Å². The van der Waals surface area contributed by atoms with E-state index in [1.54, 1.807) is 18.4 Å². The van der Waals surface area contributed by atoms with E-state index in [0.29, 0.717) is 12.6 Å². The maximum atomic E-state index is 5.93. The fraction of sp³-hybridized carbons (Fsp3) is 0.500. The molecule has 3 atom stereocenters. The number of benzene rings is 1. The highest BCUT2D eigenvalue weighted by Gasteiger charge is 2.26. The van der Waals surface area contributed by atoms with Crippen molar-refractivity contribution in [1.29, 1.82) is 0 Å². The number of para-hydroxylation sites is 1. The lowest BCUT2D eigenvalue weighted by Gasteiger charge is -2.37. The van der Waals surface area contributed by atoms with Gasteiger partial charge in [0.15, 0.2) is 5.96 Å². The lowest BCUT2D eigenvalue weighted by Crippen LogP contribution is -2.48. The van der Waals surface area contributed by atoms with Crippen molar-refractivity contribution in [2.75, 3.05) is 39.8 Å². The number of thiophene rings is 1. The van der Waals surface area contributed by atoms with Gasteiger partial charge in [-0.2, -0.15) is 0 Å². The van der Waals surface area contributed by atoms with Crippen LogP contribution in [-0.2, 0) is 4.74 Å². The van der Waals surface area contributed by atoms with Crippen molar-refractivity contribution in [2.24, 2.45) is 4.99 Å². The summed E-state index contributed by atoms with van der Waals surface area (Å²) in [6.07, 6.45) is 0.295. The fourth-order valence-corrected chi connectivity index (χ4v) is 4.31. The second-order valence-corrected chi connectivity index (χ2v) is 8.26. The molecule has 0 aliphatic carbocycles. The van der Waals surface area contributed by atoms with E-state index in [0.717, 1.165) is 38.0 Å². The number of nitrogens with one attached hydrogen (secondary N) is 2. The second-order valence-electron chi connectivity index (χ2n) is 7.28. The van der Waals surface area contributed by atoms with Crippen molar-refractivity contribution in [3.63, 3.8) is 0 Å². The predicted molar refractivity (Wildman–Crippen MR) is 120 cm³/mol. The van der Waals surface area contributed by atoms with Gasteiger partial charge in [0.2, 0.25) is 0 Å². The highest BCUT2D eigenvalue weighted by atomic mass is 32.1. The molecule has 0 bridgehead atoms. The van der Waals surface area contributed by atoms with E-state index >= 15 is 0 Å². The lowest BCUT2D eigenvalue weighted by atomic mass is 10.1. The summed E-state index contributed by atoms with van der Waals surface area (Å²) in [6.45, 7) is 8.33. The standard InChI is InChI=1S/C22H32N4O2S/c1-17(28-19-8-5-4-6-9-19)14-24-22(23-3)25-15-20(21-10-7-13-29-21)26-11-12-27-18(2)16-26/h4-10,13,17-18,20H,11-12,14-16H2,1-3H3,(H2,23,24,25). The van der Waals surface area contributed by atoms with Gasteiger partial charge in [-0.25, -0.2) is 0 Å². The molecule has 29 heavy (non-hydrogen) atoms. The van der Waals surface area contributed by atoms with E-state index in [1.165, 1.54) is 4.88 Å². The number of rotatable bonds is 8. The van der Waals surface area contributed by atoms with Crippen LogP contribution in [0.25, 0.3) is 0 Å². The molecule has 7 heteroatoms. The molecule has 1 aromatic carbocycles. The molecule has 2 aromatic rings. The molecule has 158 valence electrons. The Morgan fingerprint density at radius 2 is 2.03 bits per heavy atom. The third kappa shape index (κ3) is 6.73. The molecule has 3 rings (SSSR count). The van der Waals surface area contributed by atoms with Gasteiger partial charge < -0.3 is 20.1 Å². The van der Waals surface area contributed by atoms with Crippen molar-refractivity contribution in [3.8, 4) is 5.75 Å². The van der Waals surface area contributed by atoms with Crippen LogP contribution in [0.1, 0.15) is 24.8 Å². The fourth-order valence-electron chi connectivity index (χ4n) is 3.45. The lowest BCUT2D eigenvalue weighted by molar-refractivity contribution is -0.0334. The molecule has 0 spiro atoms. The average molecular weight is 417 g/mol. The SMILES string of the molecule is CN=C(NCC(C)Oc1ccccc1)NCC(c1cccs1)N1CCOC(C)C1. The Kier molecular flexibility index (Phi) is 8.34. The van der Waals surface area contributed by atoms with Crippen LogP contribution in [0.3, 0.4) is 0 Å². The zero-order valence-electron chi connectivity index (χ0n) is 17.5. The van der Waals surface area contributed by atoms with Gasteiger partial charge in [-0.05, 0) is 37.4 Å². The first-order valence-electron chi connectivity index (χ1n) is 10.2. The Bertz CT molecular complexity index is 739. The molecule has 1 saturated heterocycles. The Labute approximate surface area is 177 Å². The molecule has 1 aromatic heterocycles.